The van der Waals surface area contributed by atoms with E-state index in [0.717, 1.165) is 19.3 Å². The molecule has 0 N–H and O–H groups in total. The number of fused-ring (bicyclic) bond motifs is 3. The first kappa shape index (κ1) is 32.4. The molecule has 0 heterocycles. The van der Waals surface area contributed by atoms with Gasteiger partial charge in [0.15, 0.2) is 0 Å². The Morgan fingerprint density at radius 2 is 1.44 bits per heavy atom. The maximum absolute atomic E-state index is 5.01. The Balaban J connectivity index is 0. The summed E-state index contributed by atoms with van der Waals surface area (Å²) < 4.78 is 0. The molecule has 32 heavy (non-hydrogen) atoms. The molecule has 3 heteroatoms. The van der Waals surface area contributed by atoms with E-state index in [4.69, 9.17) is 6.58 Å². The molecule has 0 saturated carbocycles. The average Bonchev–Trinajstić information content (AvgIpc) is 3.48. The van der Waals surface area contributed by atoms with Crippen molar-refractivity contribution in [3.63, 3.8) is 0 Å². The Labute approximate surface area is 225 Å². The normalized spacial score (nSPS) is 9.91. The van der Waals surface area contributed by atoms with Gasteiger partial charge >= 0.3 is 26.2 Å². The molecule has 0 saturated heterocycles. The van der Waals surface area contributed by atoms with Gasteiger partial charge in [-0.15, -0.1) is 46.2 Å². The van der Waals surface area contributed by atoms with E-state index in [0.29, 0.717) is 0 Å². The third-order valence-corrected chi connectivity index (χ3v) is 4.17. The molecule has 0 nitrogen and oxygen atoms in total. The third kappa shape index (κ3) is 12.3. The molecule has 0 aromatic heterocycles. The standard InChI is InChI=1S/C13H9.C6H5.C5H5.C5H9.2ClH.Zr/c1-3-7-12-10(5-1)9-11-6-2-4-8-13(11)12;1-2-4-6-5-3-1;1-2-4-5-3-1;1-3-5-4-2;;;/h1-9H;1-5H;1-3H,4H2;1,3H,4-5H2,2H3;2*1H;/q4*-1;;;+2/p-2. The van der Waals surface area contributed by atoms with Gasteiger partial charge in [0.2, 0.25) is 0 Å². The topological polar surface area (TPSA) is 0 Å². The summed E-state index contributed by atoms with van der Waals surface area (Å²) in [6.07, 6.45) is 13.9. The second kappa shape index (κ2) is 21.1. The molecule has 0 spiro atoms. The summed E-state index contributed by atoms with van der Waals surface area (Å²) in [6.45, 7) is 7.11. The Hall–Kier alpha value is -1.79. The number of allylic oxidation sites excluding steroid dienone is 5. The molecule has 0 aliphatic heterocycles. The number of hydrogen-bond donors (Lipinski definition) is 0. The molecule has 4 aromatic rings. The molecular weight excluding hydrogens is 510 g/mol. The van der Waals surface area contributed by atoms with Crippen molar-refractivity contribution in [2.24, 2.45) is 0 Å². The van der Waals surface area contributed by atoms with E-state index in [9.17, 15) is 0 Å². The van der Waals surface area contributed by atoms with Gasteiger partial charge in [-0.25, -0.2) is 12.2 Å². The van der Waals surface area contributed by atoms with Gasteiger partial charge in [0.25, 0.3) is 0 Å². The van der Waals surface area contributed by atoms with Crippen LogP contribution in [-0.4, -0.2) is 0 Å². The zero-order valence-electron chi connectivity index (χ0n) is 18.3. The summed E-state index contributed by atoms with van der Waals surface area (Å²) in [7, 11) is 0. The molecule has 0 bridgehead atoms. The summed E-state index contributed by atoms with van der Waals surface area (Å²) in [5.74, 6) is 0. The fourth-order valence-electron chi connectivity index (χ4n) is 2.75. The van der Waals surface area contributed by atoms with E-state index in [2.05, 4.69) is 79.7 Å². The van der Waals surface area contributed by atoms with Gasteiger partial charge in [-0.1, -0.05) is 56.2 Å². The van der Waals surface area contributed by atoms with Crippen molar-refractivity contribution in [2.75, 3.05) is 0 Å². The molecule has 0 amide bonds. The van der Waals surface area contributed by atoms with E-state index in [1.165, 1.54) is 21.5 Å². The van der Waals surface area contributed by atoms with Crippen LogP contribution in [0, 0.1) is 18.7 Å². The first-order valence-corrected chi connectivity index (χ1v) is 10.1. The van der Waals surface area contributed by atoms with Crippen LogP contribution in [0.1, 0.15) is 26.2 Å². The average molecular weight is 539 g/mol. The molecule has 0 atom stereocenters. The maximum atomic E-state index is 5.01. The summed E-state index contributed by atoms with van der Waals surface area (Å²) in [4.78, 5) is 0. The minimum absolute atomic E-state index is 0. The van der Waals surface area contributed by atoms with Crippen molar-refractivity contribution >= 4 is 21.5 Å². The molecular formula is C29H28Cl2Zr-4. The predicted molar refractivity (Wildman–Crippen MR) is 128 cm³/mol. The molecule has 5 rings (SSSR count). The molecule has 0 fully saturated rings. The van der Waals surface area contributed by atoms with Crippen LogP contribution in [0.4, 0.5) is 0 Å². The fraction of sp³-hybridized carbons (Fsp3) is 0.138. The second-order valence-corrected chi connectivity index (χ2v) is 6.42. The van der Waals surface area contributed by atoms with Crippen LogP contribution in [0.5, 0.6) is 0 Å². The van der Waals surface area contributed by atoms with Crippen LogP contribution >= 0.6 is 0 Å². The van der Waals surface area contributed by atoms with Gasteiger partial charge in [0, 0.05) is 0 Å². The first-order valence-electron chi connectivity index (χ1n) is 10.1. The van der Waals surface area contributed by atoms with Gasteiger partial charge in [0.05, 0.1) is 0 Å². The molecule has 4 aromatic carbocycles. The van der Waals surface area contributed by atoms with Gasteiger partial charge in [-0.05, 0) is 0 Å². The van der Waals surface area contributed by atoms with Gasteiger partial charge in [-0.3, -0.25) is 12.2 Å². The van der Waals surface area contributed by atoms with Crippen LogP contribution in [0.3, 0.4) is 0 Å². The van der Waals surface area contributed by atoms with Gasteiger partial charge in [0.1, 0.15) is 0 Å². The van der Waals surface area contributed by atoms with Crippen LogP contribution in [-0.2, 0) is 26.2 Å². The Bertz CT molecular complexity index is 930. The Morgan fingerprint density at radius 1 is 0.875 bits per heavy atom. The number of rotatable bonds is 2. The number of unbranched alkanes of at least 4 members (excludes halogenated alkanes) is 1. The quantitative estimate of drug-likeness (QED) is 0.344. The molecule has 0 unspecified atom stereocenters. The summed E-state index contributed by atoms with van der Waals surface area (Å²) in [5, 5.41) is 5.39. The molecule has 166 valence electrons. The minimum Gasteiger partial charge on any atom is -1.00 e. The van der Waals surface area contributed by atoms with E-state index in [1.54, 1.807) is 6.08 Å². The number of benzene rings is 3. The zero-order valence-corrected chi connectivity index (χ0v) is 22.3. The Morgan fingerprint density at radius 3 is 1.72 bits per heavy atom. The zero-order chi connectivity index (χ0) is 20.6. The molecule has 0 radical (unpaired) electrons. The van der Waals surface area contributed by atoms with Gasteiger partial charge in [-0.2, -0.15) is 42.5 Å². The first-order chi connectivity index (χ1) is 14.4. The maximum Gasteiger partial charge on any atom is 2.00 e. The van der Waals surface area contributed by atoms with Crippen LogP contribution in [0.15, 0.2) is 109 Å². The SMILES string of the molecule is [C-]1=CC=CC1.[CH-]=CCCC.[Cl-].[Cl-].[Zr+2].[c-]1ccccc1.c1ccc2c(c1)[cH-]c1ccccc12. The smallest absolute Gasteiger partial charge is 1.00 e. The fourth-order valence-corrected chi connectivity index (χ4v) is 2.75. The van der Waals surface area contributed by atoms with Crippen molar-refractivity contribution in [3.8, 4) is 0 Å². The number of halogens is 2. The minimum atomic E-state index is 0. The number of hydrogen-bond acceptors (Lipinski definition) is 0. The van der Waals surface area contributed by atoms with E-state index in [1.807, 2.05) is 42.5 Å². The van der Waals surface area contributed by atoms with E-state index in [-0.39, 0.29) is 51.0 Å². The second-order valence-electron chi connectivity index (χ2n) is 6.42. The summed E-state index contributed by atoms with van der Waals surface area (Å²) in [6, 6.07) is 31.8. The van der Waals surface area contributed by atoms with Crippen LogP contribution < -0.4 is 24.8 Å². The van der Waals surface area contributed by atoms with Crippen LogP contribution in [0.25, 0.3) is 21.5 Å². The van der Waals surface area contributed by atoms with Gasteiger partial charge < -0.3 is 31.4 Å². The van der Waals surface area contributed by atoms with Crippen molar-refractivity contribution in [2.45, 2.75) is 26.2 Å². The third-order valence-electron chi connectivity index (χ3n) is 4.17. The molecule has 1 aliphatic carbocycles. The predicted octanol–water partition coefficient (Wildman–Crippen LogP) is 2.29. The van der Waals surface area contributed by atoms with E-state index >= 15 is 0 Å². The Kier molecular flexibility index (Phi) is 21.3. The monoisotopic (exact) mass is 536 g/mol. The summed E-state index contributed by atoms with van der Waals surface area (Å²) >= 11 is 0. The van der Waals surface area contributed by atoms with Crippen molar-refractivity contribution in [1.29, 1.82) is 0 Å². The van der Waals surface area contributed by atoms with E-state index < -0.39 is 0 Å². The summed E-state index contributed by atoms with van der Waals surface area (Å²) in [5.41, 5.74) is 0. The van der Waals surface area contributed by atoms with Crippen molar-refractivity contribution in [1.82, 2.24) is 0 Å². The van der Waals surface area contributed by atoms with Crippen molar-refractivity contribution in [3.05, 3.63) is 128 Å². The van der Waals surface area contributed by atoms with Crippen LogP contribution in [0.2, 0.25) is 0 Å². The largest absolute Gasteiger partial charge is 2.00 e. The molecule has 1 aliphatic rings. The van der Waals surface area contributed by atoms with Crippen molar-refractivity contribution < 1.29 is 51.0 Å².